The first-order valence-electron chi connectivity index (χ1n) is 5.83. The van der Waals surface area contributed by atoms with Gasteiger partial charge >= 0.3 is 0 Å². The molecule has 0 aromatic rings. The number of aliphatic hydroxyl groups excluding tert-OH is 1. The summed E-state index contributed by atoms with van der Waals surface area (Å²) in [7, 11) is 0. The van der Waals surface area contributed by atoms with Crippen molar-refractivity contribution < 1.29 is 9.84 Å². The fourth-order valence-electron chi connectivity index (χ4n) is 3.15. The summed E-state index contributed by atoms with van der Waals surface area (Å²) in [5.41, 5.74) is -0.143. The maximum atomic E-state index is 10.0. The van der Waals surface area contributed by atoms with Crippen molar-refractivity contribution in [2.24, 2.45) is 11.8 Å². The summed E-state index contributed by atoms with van der Waals surface area (Å²) < 4.78 is 6.93. The highest BCUT2D eigenvalue weighted by atomic mass is 79.9. The van der Waals surface area contributed by atoms with Crippen LogP contribution in [0, 0.1) is 11.8 Å². The van der Waals surface area contributed by atoms with Gasteiger partial charge in [0.25, 0.3) is 0 Å². The Hall–Kier alpha value is -0.160. The van der Waals surface area contributed by atoms with E-state index >= 15 is 0 Å². The van der Waals surface area contributed by atoms with Gasteiger partial charge in [-0.2, -0.15) is 0 Å². The number of allylic oxidation sites excluding steroid dienone is 2. The highest BCUT2D eigenvalue weighted by Gasteiger charge is 2.53. The van der Waals surface area contributed by atoms with Gasteiger partial charge in [0, 0.05) is 16.3 Å². The first kappa shape index (κ1) is 11.0. The van der Waals surface area contributed by atoms with Crippen molar-refractivity contribution in [3.05, 3.63) is 22.7 Å². The Bertz CT molecular complexity index is 347. The van der Waals surface area contributed by atoms with Crippen molar-refractivity contribution in [3.63, 3.8) is 0 Å². The van der Waals surface area contributed by atoms with E-state index in [0.29, 0.717) is 5.92 Å². The quantitative estimate of drug-likeness (QED) is 0.710. The van der Waals surface area contributed by atoms with Crippen LogP contribution in [0.5, 0.6) is 0 Å². The van der Waals surface area contributed by atoms with E-state index in [1.807, 2.05) is 0 Å². The molecule has 0 radical (unpaired) electrons. The van der Waals surface area contributed by atoms with Crippen LogP contribution < -0.4 is 5.32 Å². The third kappa shape index (κ3) is 1.59. The number of hydrogen-bond donors (Lipinski definition) is 2. The molecule has 0 unspecified atom stereocenters. The van der Waals surface area contributed by atoms with E-state index in [1.165, 1.54) is 0 Å². The SMILES string of the molecule is O[C@@H]1OC2(CCNCC2)[C@@H]2C=CC(Br)=C[C@H]12. The molecular formula is C12H16BrNO2. The second-order valence-corrected chi connectivity index (χ2v) is 5.75. The first-order chi connectivity index (χ1) is 7.71. The second kappa shape index (κ2) is 3.95. The molecule has 0 saturated carbocycles. The fourth-order valence-corrected chi connectivity index (χ4v) is 3.61. The first-order valence-corrected chi connectivity index (χ1v) is 6.63. The molecule has 3 nitrogen and oxygen atoms in total. The molecule has 0 amide bonds. The van der Waals surface area contributed by atoms with Gasteiger partial charge in [0.15, 0.2) is 6.29 Å². The largest absolute Gasteiger partial charge is 0.367 e. The molecule has 4 heteroatoms. The van der Waals surface area contributed by atoms with E-state index in [1.54, 1.807) is 0 Å². The standard InChI is InChI=1S/C12H16BrNO2/c13-8-1-2-10-9(7-8)11(15)16-12(10)3-5-14-6-4-12/h1-2,7,9-11,14-15H,3-6H2/t9-,10+,11+/m0/s1. The molecule has 0 bridgehead atoms. The smallest absolute Gasteiger partial charge is 0.162 e. The van der Waals surface area contributed by atoms with Gasteiger partial charge in [0.05, 0.1) is 5.60 Å². The van der Waals surface area contributed by atoms with Gasteiger partial charge in [-0.15, -0.1) is 0 Å². The van der Waals surface area contributed by atoms with Gasteiger partial charge in [0.2, 0.25) is 0 Å². The Morgan fingerprint density at radius 1 is 1.44 bits per heavy atom. The van der Waals surface area contributed by atoms with Gasteiger partial charge in [-0.25, -0.2) is 0 Å². The van der Waals surface area contributed by atoms with Crippen LogP contribution >= 0.6 is 15.9 Å². The molecule has 2 saturated heterocycles. The summed E-state index contributed by atoms with van der Waals surface area (Å²) in [6.07, 6.45) is 7.66. The number of rotatable bonds is 0. The van der Waals surface area contributed by atoms with E-state index in [-0.39, 0.29) is 11.5 Å². The predicted octanol–water partition coefficient (Wildman–Crippen LogP) is 1.54. The molecule has 88 valence electrons. The number of nitrogens with one attached hydrogen (secondary N) is 1. The summed E-state index contributed by atoms with van der Waals surface area (Å²) in [5, 5.41) is 13.4. The van der Waals surface area contributed by atoms with Crippen LogP contribution in [0.25, 0.3) is 0 Å². The number of fused-ring (bicyclic) bond motifs is 2. The van der Waals surface area contributed by atoms with E-state index in [2.05, 4.69) is 39.5 Å². The minimum Gasteiger partial charge on any atom is -0.367 e. The summed E-state index contributed by atoms with van der Waals surface area (Å²) in [5.74, 6) is 0.434. The van der Waals surface area contributed by atoms with Gasteiger partial charge in [-0.1, -0.05) is 34.2 Å². The molecule has 3 atom stereocenters. The van der Waals surface area contributed by atoms with Gasteiger partial charge in [0.1, 0.15) is 0 Å². The van der Waals surface area contributed by atoms with Crippen molar-refractivity contribution in [3.8, 4) is 0 Å². The normalized spacial score (nSPS) is 40.9. The van der Waals surface area contributed by atoms with E-state index in [4.69, 9.17) is 4.74 Å². The Balaban J connectivity index is 1.91. The van der Waals surface area contributed by atoms with Crippen molar-refractivity contribution in [1.82, 2.24) is 5.32 Å². The summed E-state index contributed by atoms with van der Waals surface area (Å²) in [4.78, 5) is 0. The molecule has 1 spiro atoms. The third-order valence-corrected chi connectivity index (χ3v) is 4.50. The molecule has 0 aromatic carbocycles. The molecule has 3 aliphatic rings. The van der Waals surface area contributed by atoms with Crippen LogP contribution in [0.3, 0.4) is 0 Å². The number of aliphatic hydroxyl groups is 1. The highest BCUT2D eigenvalue weighted by molar-refractivity contribution is 9.11. The lowest BCUT2D eigenvalue weighted by Gasteiger charge is -2.38. The fraction of sp³-hybridized carbons (Fsp3) is 0.667. The summed E-state index contributed by atoms with van der Waals surface area (Å²) >= 11 is 3.46. The summed E-state index contributed by atoms with van der Waals surface area (Å²) in [6, 6.07) is 0. The molecule has 16 heavy (non-hydrogen) atoms. The molecule has 0 aromatic heterocycles. The average Bonchev–Trinajstić information content (AvgIpc) is 2.53. The molecular weight excluding hydrogens is 270 g/mol. The van der Waals surface area contributed by atoms with E-state index in [0.717, 1.165) is 30.4 Å². The Labute approximate surface area is 104 Å². The summed E-state index contributed by atoms with van der Waals surface area (Å²) in [6.45, 7) is 1.96. The predicted molar refractivity (Wildman–Crippen MR) is 65.1 cm³/mol. The van der Waals surface area contributed by atoms with Crippen molar-refractivity contribution >= 4 is 15.9 Å². The van der Waals surface area contributed by atoms with Crippen LogP contribution in [-0.4, -0.2) is 30.1 Å². The number of hydrogen-bond acceptors (Lipinski definition) is 3. The van der Waals surface area contributed by atoms with Crippen LogP contribution in [0.2, 0.25) is 0 Å². The molecule has 2 aliphatic heterocycles. The third-order valence-electron chi connectivity index (χ3n) is 3.97. The highest BCUT2D eigenvalue weighted by Crippen LogP contribution is 2.48. The lowest BCUT2D eigenvalue weighted by molar-refractivity contribution is -0.155. The van der Waals surface area contributed by atoms with Crippen LogP contribution in [-0.2, 0) is 4.74 Å². The van der Waals surface area contributed by atoms with E-state index in [9.17, 15) is 5.11 Å². The maximum absolute atomic E-state index is 10.0. The number of piperidine rings is 1. The van der Waals surface area contributed by atoms with Gasteiger partial charge in [-0.05, 0) is 25.9 Å². The molecule has 1 aliphatic carbocycles. The van der Waals surface area contributed by atoms with Crippen molar-refractivity contribution in [2.75, 3.05) is 13.1 Å². The molecule has 2 N–H and O–H groups in total. The topological polar surface area (TPSA) is 41.5 Å². The van der Waals surface area contributed by atoms with Gasteiger partial charge < -0.3 is 15.2 Å². The Kier molecular flexibility index (Phi) is 2.70. The number of halogens is 1. The second-order valence-electron chi connectivity index (χ2n) is 4.84. The van der Waals surface area contributed by atoms with Crippen LogP contribution in [0.15, 0.2) is 22.7 Å². The zero-order chi connectivity index (χ0) is 11.2. The van der Waals surface area contributed by atoms with Crippen LogP contribution in [0.1, 0.15) is 12.8 Å². The van der Waals surface area contributed by atoms with E-state index < -0.39 is 6.29 Å². The lowest BCUT2D eigenvalue weighted by atomic mass is 9.74. The maximum Gasteiger partial charge on any atom is 0.162 e. The number of ether oxygens (including phenoxy) is 1. The minimum atomic E-state index is -0.652. The lowest BCUT2D eigenvalue weighted by Crippen LogP contribution is -2.46. The Morgan fingerprint density at radius 2 is 2.19 bits per heavy atom. The molecule has 2 fully saturated rings. The zero-order valence-corrected chi connectivity index (χ0v) is 10.6. The monoisotopic (exact) mass is 285 g/mol. The van der Waals surface area contributed by atoms with Crippen LogP contribution in [0.4, 0.5) is 0 Å². The van der Waals surface area contributed by atoms with Gasteiger partial charge in [-0.3, -0.25) is 0 Å². The average molecular weight is 286 g/mol. The zero-order valence-electron chi connectivity index (χ0n) is 9.03. The minimum absolute atomic E-state index is 0.109. The molecule has 2 heterocycles. The Morgan fingerprint density at radius 3 is 2.94 bits per heavy atom. The molecule has 3 rings (SSSR count). The van der Waals surface area contributed by atoms with Crippen molar-refractivity contribution in [1.29, 1.82) is 0 Å². The van der Waals surface area contributed by atoms with Crippen molar-refractivity contribution in [2.45, 2.75) is 24.7 Å².